The average Bonchev–Trinajstić information content (AvgIpc) is 2.13. The van der Waals surface area contributed by atoms with Gasteiger partial charge in [0.25, 0.3) is 0 Å². The monoisotopic (exact) mass is 181 g/mol. The van der Waals surface area contributed by atoms with E-state index in [4.69, 9.17) is 10.5 Å². The highest BCUT2D eigenvalue weighted by Crippen LogP contribution is 2.35. The number of ether oxygens (including phenoxy) is 1. The molecule has 2 atom stereocenters. The minimum Gasteiger partial charge on any atom is -0.342 e. The topological polar surface area (TPSA) is 35.2 Å². The van der Waals surface area contributed by atoms with Crippen LogP contribution in [0.3, 0.4) is 0 Å². The molecule has 0 aliphatic carbocycles. The van der Waals surface area contributed by atoms with Gasteiger partial charge in [-0.1, -0.05) is 24.3 Å². The highest BCUT2D eigenvalue weighted by atomic mass is 19.1. The number of rotatable bonds is 0. The molecule has 3 heteroatoms. The Bertz CT molecular complexity index is 324. The summed E-state index contributed by atoms with van der Waals surface area (Å²) in [5.41, 5.74) is 6.79. The first-order valence-corrected chi connectivity index (χ1v) is 4.25. The third kappa shape index (κ3) is 1.34. The van der Waals surface area contributed by atoms with Gasteiger partial charge in [0.2, 0.25) is 6.36 Å². The molecule has 1 aliphatic heterocycles. The highest BCUT2D eigenvalue weighted by molar-refractivity contribution is 5.35. The minimum absolute atomic E-state index is 0.227. The summed E-state index contributed by atoms with van der Waals surface area (Å²) in [4.78, 5) is 0. The Morgan fingerprint density at radius 1 is 1.54 bits per heavy atom. The molecular weight excluding hydrogens is 169 g/mol. The maximum atomic E-state index is 13.2. The molecule has 70 valence electrons. The maximum absolute atomic E-state index is 13.2. The Kier molecular flexibility index (Phi) is 1.86. The van der Waals surface area contributed by atoms with Gasteiger partial charge in [-0.15, -0.1) is 0 Å². The number of alkyl halides is 1. The fourth-order valence-corrected chi connectivity index (χ4v) is 1.63. The number of fused-ring (bicyclic) bond motifs is 1. The van der Waals surface area contributed by atoms with Gasteiger partial charge in [-0.25, -0.2) is 4.39 Å². The largest absolute Gasteiger partial charge is 0.342 e. The van der Waals surface area contributed by atoms with Gasteiger partial charge in [-0.2, -0.15) is 0 Å². The van der Waals surface area contributed by atoms with Gasteiger partial charge >= 0.3 is 0 Å². The van der Waals surface area contributed by atoms with Crippen LogP contribution in [0.25, 0.3) is 0 Å². The lowest BCUT2D eigenvalue weighted by Crippen LogP contribution is -2.42. The molecular formula is C10H12FNO. The molecule has 2 nitrogen and oxygen atoms in total. The lowest BCUT2D eigenvalue weighted by Gasteiger charge is -2.33. The van der Waals surface area contributed by atoms with E-state index in [0.717, 1.165) is 5.56 Å². The van der Waals surface area contributed by atoms with Crippen LogP contribution in [0.1, 0.15) is 24.4 Å². The van der Waals surface area contributed by atoms with Gasteiger partial charge < -0.3 is 10.5 Å². The number of halogens is 1. The summed E-state index contributed by atoms with van der Waals surface area (Å²) in [6.07, 6.45) is -1.33. The van der Waals surface area contributed by atoms with Crippen LogP contribution in [0.15, 0.2) is 24.3 Å². The summed E-state index contributed by atoms with van der Waals surface area (Å²) in [7, 11) is 0. The van der Waals surface area contributed by atoms with Crippen molar-refractivity contribution < 1.29 is 9.13 Å². The first kappa shape index (κ1) is 8.66. The predicted molar refractivity (Wildman–Crippen MR) is 47.8 cm³/mol. The second-order valence-electron chi connectivity index (χ2n) is 3.63. The molecule has 0 radical (unpaired) electrons. The van der Waals surface area contributed by atoms with Gasteiger partial charge in [0, 0.05) is 5.56 Å². The zero-order valence-electron chi connectivity index (χ0n) is 7.46. The minimum atomic E-state index is -1.33. The molecule has 2 rings (SSSR count). The smallest absolute Gasteiger partial charge is 0.225 e. The van der Waals surface area contributed by atoms with Crippen LogP contribution in [0.5, 0.6) is 0 Å². The third-order valence-corrected chi connectivity index (χ3v) is 2.35. The van der Waals surface area contributed by atoms with Crippen molar-refractivity contribution in [2.24, 2.45) is 5.73 Å². The van der Waals surface area contributed by atoms with Crippen LogP contribution in [0.2, 0.25) is 0 Å². The normalized spacial score (nSPS) is 32.7. The summed E-state index contributed by atoms with van der Waals surface area (Å²) in [6.45, 7) is 2.07. The molecule has 1 aliphatic rings. The molecule has 0 fully saturated rings. The lowest BCUT2D eigenvalue weighted by atomic mass is 9.88. The summed E-state index contributed by atoms with van der Waals surface area (Å²) in [5, 5.41) is 0. The maximum Gasteiger partial charge on any atom is 0.225 e. The molecule has 2 N–H and O–H groups in total. The standard InChI is InChI=1S/C10H12FNO/c1-10(12)6-13-9(11)7-4-2-3-5-8(7)10/h2-5,9H,6,12H2,1H3. The lowest BCUT2D eigenvalue weighted by molar-refractivity contribution is -0.0751. The van der Waals surface area contributed by atoms with E-state index in [9.17, 15) is 4.39 Å². The third-order valence-electron chi connectivity index (χ3n) is 2.35. The number of nitrogens with two attached hydrogens (primary N) is 1. The van der Waals surface area contributed by atoms with E-state index in [1.807, 2.05) is 19.1 Å². The van der Waals surface area contributed by atoms with E-state index in [-0.39, 0.29) is 6.61 Å². The van der Waals surface area contributed by atoms with Crippen LogP contribution >= 0.6 is 0 Å². The van der Waals surface area contributed by atoms with E-state index >= 15 is 0 Å². The molecule has 2 unspecified atom stereocenters. The van der Waals surface area contributed by atoms with Crippen LogP contribution in [0, 0.1) is 0 Å². The molecule has 1 heterocycles. The van der Waals surface area contributed by atoms with Crippen LogP contribution < -0.4 is 5.73 Å². The molecule has 0 spiro atoms. The van der Waals surface area contributed by atoms with Crippen molar-refractivity contribution in [2.75, 3.05) is 6.61 Å². The van der Waals surface area contributed by atoms with Crippen LogP contribution in [-0.2, 0) is 10.3 Å². The number of hydrogen-bond acceptors (Lipinski definition) is 2. The Morgan fingerprint density at radius 3 is 2.92 bits per heavy atom. The van der Waals surface area contributed by atoms with E-state index in [0.29, 0.717) is 5.56 Å². The van der Waals surface area contributed by atoms with Crippen molar-refractivity contribution in [3.05, 3.63) is 35.4 Å². The summed E-state index contributed by atoms with van der Waals surface area (Å²) >= 11 is 0. The van der Waals surface area contributed by atoms with E-state index in [2.05, 4.69) is 0 Å². The van der Waals surface area contributed by atoms with Gasteiger partial charge in [-0.3, -0.25) is 0 Å². The highest BCUT2D eigenvalue weighted by Gasteiger charge is 2.33. The molecule has 0 aromatic heterocycles. The fourth-order valence-electron chi connectivity index (χ4n) is 1.63. The van der Waals surface area contributed by atoms with E-state index in [1.54, 1.807) is 12.1 Å². The van der Waals surface area contributed by atoms with Crippen molar-refractivity contribution >= 4 is 0 Å². The molecule has 1 aromatic carbocycles. The van der Waals surface area contributed by atoms with Gasteiger partial charge in [0.05, 0.1) is 12.1 Å². The van der Waals surface area contributed by atoms with Crippen molar-refractivity contribution in [1.29, 1.82) is 0 Å². The van der Waals surface area contributed by atoms with Gasteiger partial charge in [-0.05, 0) is 12.5 Å². The Balaban J connectivity index is 2.55. The average molecular weight is 181 g/mol. The predicted octanol–water partition coefficient (Wildman–Crippen LogP) is 1.86. The van der Waals surface area contributed by atoms with Crippen LogP contribution in [0.4, 0.5) is 4.39 Å². The second kappa shape index (κ2) is 2.79. The zero-order valence-corrected chi connectivity index (χ0v) is 7.46. The quantitative estimate of drug-likeness (QED) is 0.663. The summed E-state index contributed by atoms with van der Waals surface area (Å²) in [5.74, 6) is 0. The van der Waals surface area contributed by atoms with Crippen molar-refractivity contribution in [1.82, 2.24) is 0 Å². The van der Waals surface area contributed by atoms with E-state index in [1.165, 1.54) is 0 Å². The Labute approximate surface area is 76.5 Å². The first-order chi connectivity index (χ1) is 6.11. The van der Waals surface area contributed by atoms with E-state index < -0.39 is 11.9 Å². The molecule has 0 saturated heterocycles. The molecule has 0 bridgehead atoms. The Hall–Kier alpha value is -0.930. The molecule has 0 amide bonds. The number of benzene rings is 1. The summed E-state index contributed by atoms with van der Waals surface area (Å²) < 4.78 is 18.2. The Morgan fingerprint density at radius 2 is 2.23 bits per heavy atom. The van der Waals surface area contributed by atoms with Crippen molar-refractivity contribution in [2.45, 2.75) is 18.8 Å². The molecule has 1 aromatic rings. The first-order valence-electron chi connectivity index (χ1n) is 4.25. The second-order valence-corrected chi connectivity index (χ2v) is 3.63. The molecule has 13 heavy (non-hydrogen) atoms. The SMILES string of the molecule is CC1(N)COC(F)c2ccccc21. The fraction of sp³-hybridized carbons (Fsp3) is 0.400. The van der Waals surface area contributed by atoms with Crippen molar-refractivity contribution in [3.63, 3.8) is 0 Å². The van der Waals surface area contributed by atoms with Crippen LogP contribution in [-0.4, -0.2) is 6.61 Å². The van der Waals surface area contributed by atoms with Gasteiger partial charge in [0.1, 0.15) is 0 Å². The summed E-state index contributed by atoms with van der Waals surface area (Å²) in [6, 6.07) is 7.22. The van der Waals surface area contributed by atoms with Gasteiger partial charge in [0.15, 0.2) is 0 Å². The number of hydrogen-bond donors (Lipinski definition) is 1. The zero-order chi connectivity index (χ0) is 9.47. The van der Waals surface area contributed by atoms with Crippen molar-refractivity contribution in [3.8, 4) is 0 Å². The molecule has 0 saturated carbocycles.